The van der Waals surface area contributed by atoms with Crippen LogP contribution in [-0.2, 0) is 16.1 Å². The van der Waals surface area contributed by atoms with Gasteiger partial charge in [0.25, 0.3) is 11.8 Å². The SMILES string of the molecule is CCn1ccc(C(=O)N[C@@H]2C(=O)N3C(C(=O)O)=C(C)CS[C@@H]23)n1. The van der Waals surface area contributed by atoms with E-state index >= 15 is 0 Å². The lowest BCUT2D eigenvalue weighted by Gasteiger charge is -2.49. The molecule has 0 unspecified atom stereocenters. The minimum atomic E-state index is -1.12. The molecule has 1 saturated heterocycles. The van der Waals surface area contributed by atoms with Crippen molar-refractivity contribution in [3.63, 3.8) is 0 Å². The topological polar surface area (TPSA) is 105 Å². The van der Waals surface area contributed by atoms with Gasteiger partial charge in [-0.1, -0.05) is 0 Å². The van der Waals surface area contributed by atoms with Gasteiger partial charge in [0.2, 0.25) is 0 Å². The van der Waals surface area contributed by atoms with Crippen molar-refractivity contribution in [1.82, 2.24) is 20.0 Å². The maximum absolute atomic E-state index is 12.3. The number of carboxylic acid groups (broad SMARTS) is 1. The highest BCUT2D eigenvalue weighted by molar-refractivity contribution is 8.00. The molecule has 8 nitrogen and oxygen atoms in total. The zero-order chi connectivity index (χ0) is 16.7. The molecule has 0 aromatic carbocycles. The molecule has 0 bridgehead atoms. The Bertz CT molecular complexity index is 726. The number of amides is 2. The lowest BCUT2D eigenvalue weighted by molar-refractivity contribution is -0.148. The zero-order valence-corrected chi connectivity index (χ0v) is 13.5. The van der Waals surface area contributed by atoms with Crippen LogP contribution in [0.4, 0.5) is 0 Å². The number of thioether (sulfide) groups is 1. The van der Waals surface area contributed by atoms with Crippen LogP contribution in [0.5, 0.6) is 0 Å². The van der Waals surface area contributed by atoms with Gasteiger partial charge in [0, 0.05) is 18.5 Å². The third-order valence-corrected chi connectivity index (χ3v) is 5.27. The second kappa shape index (κ2) is 5.73. The van der Waals surface area contributed by atoms with Gasteiger partial charge in [-0.15, -0.1) is 11.8 Å². The smallest absolute Gasteiger partial charge is 0.352 e. The fourth-order valence-corrected chi connectivity index (χ4v) is 3.94. The normalized spacial score (nSPS) is 23.4. The summed E-state index contributed by atoms with van der Waals surface area (Å²) in [6, 6.07) is 0.863. The van der Waals surface area contributed by atoms with Crippen LogP contribution in [0.2, 0.25) is 0 Å². The predicted molar refractivity (Wildman–Crippen MR) is 82.6 cm³/mol. The summed E-state index contributed by atoms with van der Waals surface area (Å²) in [7, 11) is 0. The number of fused-ring (bicyclic) bond motifs is 1. The maximum Gasteiger partial charge on any atom is 0.352 e. The molecule has 9 heteroatoms. The highest BCUT2D eigenvalue weighted by Crippen LogP contribution is 2.40. The van der Waals surface area contributed by atoms with E-state index in [0.717, 1.165) is 0 Å². The first-order valence-electron chi connectivity index (χ1n) is 7.16. The quantitative estimate of drug-likeness (QED) is 0.765. The number of aromatic nitrogens is 2. The Morgan fingerprint density at radius 1 is 1.52 bits per heavy atom. The number of aryl methyl sites for hydroxylation is 1. The van der Waals surface area contributed by atoms with Crippen molar-refractivity contribution in [2.24, 2.45) is 0 Å². The summed E-state index contributed by atoms with van der Waals surface area (Å²) < 4.78 is 1.62. The average molecular weight is 336 g/mol. The van der Waals surface area contributed by atoms with Gasteiger partial charge in [-0.05, 0) is 25.5 Å². The monoisotopic (exact) mass is 336 g/mol. The molecular weight excluding hydrogens is 320 g/mol. The van der Waals surface area contributed by atoms with Crippen LogP contribution in [0.3, 0.4) is 0 Å². The molecule has 0 spiro atoms. The third-order valence-electron chi connectivity index (χ3n) is 3.85. The van der Waals surface area contributed by atoms with E-state index in [9.17, 15) is 19.5 Å². The van der Waals surface area contributed by atoms with Gasteiger partial charge in [-0.25, -0.2) is 4.79 Å². The minimum absolute atomic E-state index is 0.0273. The van der Waals surface area contributed by atoms with Crippen LogP contribution >= 0.6 is 11.8 Å². The van der Waals surface area contributed by atoms with E-state index < -0.39 is 23.8 Å². The van der Waals surface area contributed by atoms with E-state index in [4.69, 9.17) is 0 Å². The van der Waals surface area contributed by atoms with Gasteiger partial charge in [-0.2, -0.15) is 5.10 Å². The number of β-lactam (4-membered cyclic amide) rings is 1. The van der Waals surface area contributed by atoms with Gasteiger partial charge < -0.3 is 10.4 Å². The molecule has 2 amide bonds. The van der Waals surface area contributed by atoms with Crippen LogP contribution in [0.25, 0.3) is 0 Å². The van der Waals surface area contributed by atoms with E-state index in [1.807, 2.05) is 6.92 Å². The van der Waals surface area contributed by atoms with Crippen molar-refractivity contribution >= 4 is 29.5 Å². The molecule has 2 N–H and O–H groups in total. The molecule has 3 rings (SSSR count). The average Bonchev–Trinajstić information content (AvgIpc) is 3.01. The summed E-state index contributed by atoms with van der Waals surface area (Å²) in [5.74, 6) is -1.43. The molecule has 122 valence electrons. The van der Waals surface area contributed by atoms with Crippen molar-refractivity contribution in [3.05, 3.63) is 29.2 Å². The highest BCUT2D eigenvalue weighted by Gasteiger charge is 2.53. The molecule has 23 heavy (non-hydrogen) atoms. The summed E-state index contributed by atoms with van der Waals surface area (Å²) in [5, 5.41) is 15.6. The number of rotatable bonds is 4. The number of aliphatic carboxylic acids is 1. The number of nitrogens with zero attached hydrogens (tertiary/aromatic N) is 3. The second-order valence-corrected chi connectivity index (χ2v) is 6.46. The van der Waals surface area contributed by atoms with Crippen LogP contribution < -0.4 is 5.32 Å². The van der Waals surface area contributed by atoms with Gasteiger partial charge >= 0.3 is 5.97 Å². The molecule has 2 aliphatic heterocycles. The zero-order valence-electron chi connectivity index (χ0n) is 12.6. The van der Waals surface area contributed by atoms with Crippen molar-refractivity contribution < 1.29 is 19.5 Å². The number of carbonyl (C=O) groups is 3. The molecule has 0 saturated carbocycles. The van der Waals surface area contributed by atoms with Crippen molar-refractivity contribution in [3.8, 4) is 0 Å². The summed E-state index contributed by atoms with van der Waals surface area (Å²) in [6.07, 6.45) is 1.69. The number of carboxylic acids is 1. The summed E-state index contributed by atoms with van der Waals surface area (Å²) in [5.41, 5.74) is 0.919. The van der Waals surface area contributed by atoms with Crippen LogP contribution in [0, 0.1) is 0 Å². The van der Waals surface area contributed by atoms with Crippen LogP contribution in [0.1, 0.15) is 24.3 Å². The number of nitrogens with one attached hydrogen (secondary N) is 1. The third kappa shape index (κ3) is 2.50. The Morgan fingerprint density at radius 2 is 2.26 bits per heavy atom. The summed E-state index contributed by atoms with van der Waals surface area (Å²) in [6.45, 7) is 4.25. The molecule has 1 aromatic heterocycles. The molecule has 0 aliphatic carbocycles. The predicted octanol–water partition coefficient (Wildman–Crippen LogP) is 0.275. The lowest BCUT2D eigenvalue weighted by Crippen LogP contribution is -2.70. The van der Waals surface area contributed by atoms with Gasteiger partial charge in [0.05, 0.1) is 0 Å². The van der Waals surface area contributed by atoms with E-state index in [0.29, 0.717) is 17.9 Å². The minimum Gasteiger partial charge on any atom is -0.477 e. The number of carbonyl (C=O) groups excluding carboxylic acids is 2. The van der Waals surface area contributed by atoms with E-state index in [-0.39, 0.29) is 16.8 Å². The van der Waals surface area contributed by atoms with Gasteiger partial charge in [0.1, 0.15) is 22.8 Å². The highest BCUT2D eigenvalue weighted by atomic mass is 32.2. The molecule has 1 aromatic rings. The first kappa shape index (κ1) is 15.6. The van der Waals surface area contributed by atoms with Gasteiger partial charge in [0.15, 0.2) is 0 Å². The number of hydrogen-bond acceptors (Lipinski definition) is 5. The Hall–Kier alpha value is -2.29. The van der Waals surface area contributed by atoms with E-state index in [1.54, 1.807) is 23.9 Å². The second-order valence-electron chi connectivity index (χ2n) is 5.35. The Morgan fingerprint density at radius 3 is 2.87 bits per heavy atom. The Balaban J connectivity index is 1.73. The Kier molecular flexibility index (Phi) is 3.88. The van der Waals surface area contributed by atoms with Crippen molar-refractivity contribution in [2.45, 2.75) is 31.8 Å². The van der Waals surface area contributed by atoms with Crippen molar-refractivity contribution in [1.29, 1.82) is 0 Å². The first-order chi connectivity index (χ1) is 10.9. The number of hydrogen-bond donors (Lipinski definition) is 2. The molecular formula is C14H16N4O4S. The van der Waals surface area contributed by atoms with Crippen LogP contribution in [-0.4, -0.2) is 54.7 Å². The molecule has 0 radical (unpaired) electrons. The largest absolute Gasteiger partial charge is 0.477 e. The maximum atomic E-state index is 12.3. The van der Waals surface area contributed by atoms with Gasteiger partial charge in [-0.3, -0.25) is 19.2 Å². The fourth-order valence-electron chi connectivity index (χ4n) is 2.65. The molecule has 1 fully saturated rings. The van der Waals surface area contributed by atoms with Crippen molar-refractivity contribution in [2.75, 3.05) is 5.75 Å². The summed E-state index contributed by atoms with van der Waals surface area (Å²) >= 11 is 1.44. The standard InChI is InChI=1S/C14H16N4O4S/c1-3-17-5-4-8(16-17)11(19)15-9-12(20)18-10(14(21)22)7(2)6-23-13(9)18/h4-5,9,13H,3,6H2,1-2H3,(H,15,19)(H,21,22)/t9-,13+/m1/s1. The first-order valence-corrected chi connectivity index (χ1v) is 8.21. The lowest BCUT2D eigenvalue weighted by atomic mass is 10.0. The van der Waals surface area contributed by atoms with Crippen LogP contribution in [0.15, 0.2) is 23.5 Å². The van der Waals surface area contributed by atoms with E-state index in [1.165, 1.54) is 16.7 Å². The fraction of sp³-hybridized carbons (Fsp3) is 0.429. The Labute approximate surface area is 136 Å². The van der Waals surface area contributed by atoms with E-state index in [2.05, 4.69) is 10.4 Å². The summed E-state index contributed by atoms with van der Waals surface area (Å²) in [4.78, 5) is 37.0. The molecule has 2 aliphatic rings. The molecule has 2 atom stereocenters. The molecule has 3 heterocycles.